The van der Waals surface area contributed by atoms with E-state index in [0.29, 0.717) is 22.3 Å². The van der Waals surface area contributed by atoms with E-state index < -0.39 is 0 Å². The fraction of sp³-hybridized carbons (Fsp3) is 0.130. The largest absolute Gasteiger partial charge is 0.459 e. The van der Waals surface area contributed by atoms with Gasteiger partial charge in [0.15, 0.2) is 5.76 Å². The highest BCUT2D eigenvalue weighted by Crippen LogP contribution is 2.28. The molecule has 0 spiro atoms. The number of carbonyl (C=O) groups is 2. The van der Waals surface area contributed by atoms with E-state index in [1.165, 1.54) is 23.2 Å². The summed E-state index contributed by atoms with van der Waals surface area (Å²) in [5.74, 6) is -0.0811. The van der Waals surface area contributed by atoms with Crippen molar-refractivity contribution in [2.45, 2.75) is 19.8 Å². The van der Waals surface area contributed by atoms with E-state index in [-0.39, 0.29) is 17.6 Å². The van der Waals surface area contributed by atoms with Crippen molar-refractivity contribution in [3.8, 4) is 10.6 Å². The number of amides is 2. The predicted octanol–water partition coefficient (Wildman–Crippen LogP) is 5.43. The highest BCUT2D eigenvalue weighted by Gasteiger charge is 2.14. The number of nitrogens with zero attached hydrogens (tertiary/aromatic N) is 2. The van der Waals surface area contributed by atoms with Crippen molar-refractivity contribution in [3.05, 3.63) is 83.8 Å². The van der Waals surface area contributed by atoms with Crippen LogP contribution < -0.4 is 10.6 Å². The van der Waals surface area contributed by atoms with Crippen LogP contribution >= 0.6 is 11.3 Å². The molecule has 2 amide bonds. The summed E-state index contributed by atoms with van der Waals surface area (Å²) in [5, 5.41) is 14.8. The number of rotatable bonds is 6. The number of hydrogen-bond donors (Lipinski definition) is 2. The molecule has 4 aromatic rings. The van der Waals surface area contributed by atoms with E-state index in [4.69, 9.17) is 4.42 Å². The van der Waals surface area contributed by atoms with Crippen LogP contribution in [0.5, 0.6) is 0 Å². The van der Waals surface area contributed by atoms with E-state index >= 15 is 0 Å². The smallest absolute Gasteiger partial charge is 0.291 e. The zero-order chi connectivity index (χ0) is 21.8. The Hall–Kier alpha value is -3.78. The number of nitrogens with one attached hydrogen (secondary N) is 2. The van der Waals surface area contributed by atoms with Crippen molar-refractivity contribution in [1.29, 1.82) is 0 Å². The summed E-state index contributed by atoms with van der Waals surface area (Å²) in [7, 11) is 0. The highest BCUT2D eigenvalue weighted by molar-refractivity contribution is 7.18. The predicted molar refractivity (Wildman–Crippen MR) is 120 cm³/mol. The van der Waals surface area contributed by atoms with Crippen LogP contribution in [0, 0.1) is 0 Å². The second-order valence-electron chi connectivity index (χ2n) is 7.16. The third-order valence-corrected chi connectivity index (χ3v) is 5.49. The molecular weight excluding hydrogens is 412 g/mol. The molecule has 2 aromatic heterocycles. The van der Waals surface area contributed by atoms with Gasteiger partial charge in [-0.15, -0.1) is 10.2 Å². The molecule has 2 heterocycles. The molecule has 8 heteroatoms. The number of anilines is 2. The first-order valence-corrected chi connectivity index (χ1v) is 10.5. The summed E-state index contributed by atoms with van der Waals surface area (Å²) in [6, 6.07) is 18.0. The molecular formula is C23H20N4O3S. The SMILES string of the molecule is CC(C)c1ccc(-c2nnc(NC(=O)c3cccc(NC(=O)c4ccco4)c3)s2)cc1. The molecule has 0 saturated carbocycles. The quantitative estimate of drug-likeness (QED) is 0.424. The topological polar surface area (TPSA) is 97.1 Å². The molecule has 0 aliphatic carbocycles. The van der Waals surface area contributed by atoms with Gasteiger partial charge in [-0.2, -0.15) is 0 Å². The Morgan fingerprint density at radius 2 is 1.74 bits per heavy atom. The second kappa shape index (κ2) is 8.93. The van der Waals surface area contributed by atoms with Gasteiger partial charge >= 0.3 is 0 Å². The molecule has 0 unspecified atom stereocenters. The molecule has 0 saturated heterocycles. The number of aromatic nitrogens is 2. The minimum Gasteiger partial charge on any atom is -0.459 e. The third-order valence-electron chi connectivity index (χ3n) is 4.60. The van der Waals surface area contributed by atoms with Crippen LogP contribution in [0.3, 0.4) is 0 Å². The van der Waals surface area contributed by atoms with Crippen molar-refractivity contribution >= 4 is 34.0 Å². The van der Waals surface area contributed by atoms with Crippen LogP contribution in [0.1, 0.15) is 46.2 Å². The normalized spacial score (nSPS) is 10.8. The monoisotopic (exact) mass is 432 g/mol. The first kappa shape index (κ1) is 20.5. The first-order chi connectivity index (χ1) is 15.0. The number of benzene rings is 2. The molecule has 0 atom stereocenters. The fourth-order valence-corrected chi connectivity index (χ4v) is 3.65. The van der Waals surface area contributed by atoms with E-state index in [1.54, 1.807) is 36.4 Å². The lowest BCUT2D eigenvalue weighted by Crippen LogP contribution is -2.14. The summed E-state index contributed by atoms with van der Waals surface area (Å²) in [6.07, 6.45) is 1.42. The van der Waals surface area contributed by atoms with Gasteiger partial charge in [-0.1, -0.05) is 55.5 Å². The maximum absolute atomic E-state index is 12.6. The molecule has 0 radical (unpaired) electrons. The maximum Gasteiger partial charge on any atom is 0.291 e. The highest BCUT2D eigenvalue weighted by atomic mass is 32.1. The van der Waals surface area contributed by atoms with E-state index in [9.17, 15) is 9.59 Å². The Morgan fingerprint density at radius 1 is 0.935 bits per heavy atom. The van der Waals surface area contributed by atoms with Crippen molar-refractivity contribution in [1.82, 2.24) is 10.2 Å². The fourth-order valence-electron chi connectivity index (χ4n) is 2.91. The van der Waals surface area contributed by atoms with Gasteiger partial charge in [0, 0.05) is 16.8 Å². The van der Waals surface area contributed by atoms with Crippen LogP contribution in [0.25, 0.3) is 10.6 Å². The van der Waals surface area contributed by atoms with Gasteiger partial charge in [0.05, 0.1) is 6.26 Å². The van der Waals surface area contributed by atoms with E-state index in [1.807, 2.05) is 12.1 Å². The standard InChI is InChI=1S/C23H20N4O3S/c1-14(2)15-8-10-16(11-9-15)22-26-27-23(31-22)25-20(28)17-5-3-6-18(13-17)24-21(29)19-7-4-12-30-19/h3-14H,1-2H3,(H,24,29)(H,25,27,28). The Kier molecular flexibility index (Phi) is 5.90. The van der Waals surface area contributed by atoms with Crippen molar-refractivity contribution < 1.29 is 14.0 Å². The molecule has 7 nitrogen and oxygen atoms in total. The summed E-state index contributed by atoms with van der Waals surface area (Å²) in [6.45, 7) is 4.29. The number of furan rings is 1. The third kappa shape index (κ3) is 4.87. The Morgan fingerprint density at radius 3 is 2.45 bits per heavy atom. The molecule has 156 valence electrons. The molecule has 4 rings (SSSR count). The average molecular weight is 433 g/mol. The van der Waals surface area contributed by atoms with Gasteiger partial charge in [0.25, 0.3) is 11.8 Å². The molecule has 0 aliphatic heterocycles. The summed E-state index contributed by atoms with van der Waals surface area (Å²) in [5.41, 5.74) is 3.07. The molecule has 0 bridgehead atoms. The van der Waals surface area contributed by atoms with Crippen LogP contribution in [-0.4, -0.2) is 22.0 Å². The lowest BCUT2D eigenvalue weighted by Gasteiger charge is -2.06. The van der Waals surface area contributed by atoms with Gasteiger partial charge < -0.3 is 9.73 Å². The van der Waals surface area contributed by atoms with Crippen molar-refractivity contribution in [2.24, 2.45) is 0 Å². The van der Waals surface area contributed by atoms with Gasteiger partial charge in [-0.05, 0) is 41.8 Å². The van der Waals surface area contributed by atoms with E-state index in [0.717, 1.165) is 10.6 Å². The van der Waals surface area contributed by atoms with Gasteiger partial charge in [0.1, 0.15) is 5.01 Å². The van der Waals surface area contributed by atoms with Gasteiger partial charge in [-0.25, -0.2) is 0 Å². The summed E-state index contributed by atoms with van der Waals surface area (Å²) < 4.78 is 5.08. The zero-order valence-corrected chi connectivity index (χ0v) is 17.8. The summed E-state index contributed by atoms with van der Waals surface area (Å²) >= 11 is 1.30. The molecule has 2 N–H and O–H groups in total. The van der Waals surface area contributed by atoms with Crippen molar-refractivity contribution in [2.75, 3.05) is 10.6 Å². The Balaban J connectivity index is 1.43. The Labute approximate surface area is 183 Å². The molecule has 2 aromatic carbocycles. The number of carbonyl (C=O) groups excluding carboxylic acids is 2. The van der Waals surface area contributed by atoms with Gasteiger partial charge in [0.2, 0.25) is 5.13 Å². The van der Waals surface area contributed by atoms with E-state index in [2.05, 4.69) is 46.8 Å². The minimum absolute atomic E-state index is 0.192. The minimum atomic E-state index is -0.389. The maximum atomic E-state index is 12.6. The zero-order valence-electron chi connectivity index (χ0n) is 17.0. The van der Waals surface area contributed by atoms with Crippen LogP contribution in [0.15, 0.2) is 71.3 Å². The first-order valence-electron chi connectivity index (χ1n) is 9.69. The van der Waals surface area contributed by atoms with Crippen LogP contribution in [0.4, 0.5) is 10.8 Å². The van der Waals surface area contributed by atoms with Crippen LogP contribution in [0.2, 0.25) is 0 Å². The lowest BCUT2D eigenvalue weighted by molar-refractivity contribution is 0.0993. The average Bonchev–Trinajstić information content (AvgIpc) is 3.46. The Bertz CT molecular complexity index is 1200. The molecule has 0 fully saturated rings. The lowest BCUT2D eigenvalue weighted by atomic mass is 10.0. The van der Waals surface area contributed by atoms with Crippen molar-refractivity contribution in [3.63, 3.8) is 0 Å². The molecule has 0 aliphatic rings. The van der Waals surface area contributed by atoms with Gasteiger partial charge in [-0.3, -0.25) is 14.9 Å². The second-order valence-corrected chi connectivity index (χ2v) is 8.13. The number of hydrogen-bond acceptors (Lipinski definition) is 6. The molecule has 31 heavy (non-hydrogen) atoms. The summed E-state index contributed by atoms with van der Waals surface area (Å²) in [4.78, 5) is 24.8. The van der Waals surface area contributed by atoms with Crippen LogP contribution in [-0.2, 0) is 0 Å².